The Bertz CT molecular complexity index is 4290. The number of aryl methyl sites for hydroxylation is 1. The van der Waals surface area contributed by atoms with Crippen LogP contribution in [0.1, 0.15) is 131 Å². The Kier molecular flexibility index (Phi) is 18.2. The van der Waals surface area contributed by atoms with Crippen LogP contribution in [0.4, 0.5) is 0 Å². The van der Waals surface area contributed by atoms with Gasteiger partial charge in [-0.1, -0.05) is 49.4 Å². The highest BCUT2D eigenvalue weighted by Crippen LogP contribution is 2.44. The second-order valence-corrected chi connectivity index (χ2v) is 26.3. The maximum atomic E-state index is 15.6. The van der Waals surface area contributed by atoms with E-state index in [0.29, 0.717) is 64.4 Å². The highest BCUT2D eigenvalue weighted by Gasteiger charge is 2.48. The molecule has 9 aromatic rings. The van der Waals surface area contributed by atoms with Crippen molar-refractivity contribution in [3.8, 4) is 49.1 Å². The van der Waals surface area contributed by atoms with Gasteiger partial charge in [0.1, 0.15) is 93.8 Å². The number of hydrogen-bond acceptors (Lipinski definition) is 25. The lowest BCUT2D eigenvalue weighted by Crippen LogP contribution is -2.50. The summed E-state index contributed by atoms with van der Waals surface area (Å²) in [5.74, 6) is -6.50. The van der Waals surface area contributed by atoms with E-state index in [9.17, 15) is 38.4 Å². The molecule has 6 amide bonds. The Hall–Kier alpha value is -9.40. The number of ether oxygens (including phenoxy) is 3. The van der Waals surface area contributed by atoms with Gasteiger partial charge in [-0.2, -0.15) is 0 Å². The van der Waals surface area contributed by atoms with E-state index in [0.717, 1.165) is 45.3 Å². The summed E-state index contributed by atoms with van der Waals surface area (Å²) in [6.45, 7) is 7.10. The topological polar surface area (TPSA) is 363 Å². The molecule has 10 bridgehead atoms. The Morgan fingerprint density at radius 3 is 1.97 bits per heavy atom. The molecule has 2 aliphatic heterocycles. The first-order chi connectivity index (χ1) is 43.1. The van der Waals surface area contributed by atoms with E-state index in [2.05, 4.69) is 25.9 Å². The van der Waals surface area contributed by atoms with Crippen molar-refractivity contribution in [2.75, 3.05) is 6.54 Å². The summed E-state index contributed by atoms with van der Waals surface area (Å²) in [6, 6.07) is 13.8. The molecule has 1 saturated heterocycles. The summed E-state index contributed by atoms with van der Waals surface area (Å²) < 4.78 is 17.1. The number of benzene rings is 2. The van der Waals surface area contributed by atoms with E-state index in [-0.39, 0.29) is 51.5 Å². The number of amides is 6. The van der Waals surface area contributed by atoms with Crippen LogP contribution in [0.3, 0.4) is 0 Å². The zero-order chi connectivity index (χ0) is 63.7. The first kappa shape index (κ1) is 62.2. The van der Waals surface area contributed by atoms with Gasteiger partial charge in [0.2, 0.25) is 11.8 Å². The van der Waals surface area contributed by atoms with Gasteiger partial charge in [0, 0.05) is 70.5 Å². The number of carbonyl (C=O) groups excluding carboxylic acids is 9. The van der Waals surface area contributed by atoms with Crippen LogP contribution in [0.5, 0.6) is 5.75 Å². The fourth-order valence-corrected chi connectivity index (χ4v) is 15.5. The van der Waals surface area contributed by atoms with Gasteiger partial charge >= 0.3 is 17.9 Å². The molecular formula is C59H51N13O12S6. The van der Waals surface area contributed by atoms with Crippen molar-refractivity contribution >= 4 is 121 Å². The molecule has 1 fully saturated rings. The van der Waals surface area contributed by atoms with Gasteiger partial charge in [0.05, 0.1) is 30.7 Å². The largest absolute Gasteiger partial charge is 0.460 e. The molecule has 0 spiro atoms. The van der Waals surface area contributed by atoms with Gasteiger partial charge in [0.25, 0.3) is 23.6 Å². The second-order valence-electron chi connectivity index (χ2n) is 20.7. The van der Waals surface area contributed by atoms with Crippen LogP contribution in [-0.4, -0.2) is 112 Å². The quantitative estimate of drug-likeness (QED) is 0.0610. The maximum absolute atomic E-state index is 15.6. The third-order valence-corrected chi connectivity index (χ3v) is 19.8. The average molecular weight is 1330 g/mol. The number of primary amides is 2. The van der Waals surface area contributed by atoms with Crippen molar-refractivity contribution in [3.05, 3.63) is 147 Å². The number of pyridine rings is 1. The third-order valence-electron chi connectivity index (χ3n) is 14.3. The van der Waals surface area contributed by atoms with Crippen LogP contribution in [0.25, 0.3) is 43.4 Å². The molecule has 0 saturated carbocycles. The van der Waals surface area contributed by atoms with E-state index in [4.69, 9.17) is 50.6 Å². The zero-order valence-corrected chi connectivity index (χ0v) is 52.9. The van der Waals surface area contributed by atoms with Crippen LogP contribution in [0.15, 0.2) is 93.6 Å². The molecular weight excluding hydrogens is 1280 g/mol. The van der Waals surface area contributed by atoms with Crippen molar-refractivity contribution in [2.45, 2.75) is 83.8 Å². The van der Waals surface area contributed by atoms with Gasteiger partial charge in [-0.05, 0) is 42.3 Å². The van der Waals surface area contributed by atoms with Crippen LogP contribution in [-0.2, 0) is 39.9 Å². The lowest BCUT2D eigenvalue weighted by Gasteiger charge is -2.29. The summed E-state index contributed by atoms with van der Waals surface area (Å²) in [5, 5.41) is 18.6. The average Bonchev–Trinajstić information content (AvgIpc) is 1.67. The summed E-state index contributed by atoms with van der Waals surface area (Å²) in [7, 11) is 0. The molecule has 7 N–H and O–H groups in total. The number of carbonyl (C=O) groups is 9. The normalized spacial score (nSPS) is 18.9. The molecule has 7 atom stereocenters. The van der Waals surface area contributed by atoms with Crippen LogP contribution in [0.2, 0.25) is 0 Å². The van der Waals surface area contributed by atoms with Gasteiger partial charge in [-0.25, -0.2) is 34.9 Å². The molecule has 0 radical (unpaired) electrons. The molecule has 9 heterocycles. The highest BCUT2D eigenvalue weighted by molar-refractivity contribution is 7.15. The molecule has 11 rings (SSSR count). The summed E-state index contributed by atoms with van der Waals surface area (Å²) >= 11 is 6.76. The summed E-state index contributed by atoms with van der Waals surface area (Å²) in [4.78, 5) is 157. The van der Waals surface area contributed by atoms with Gasteiger partial charge < -0.3 is 46.5 Å². The predicted molar refractivity (Wildman–Crippen MR) is 333 cm³/mol. The van der Waals surface area contributed by atoms with E-state index in [1.807, 2.05) is 6.92 Å². The number of thiazole rings is 6. The van der Waals surface area contributed by atoms with Gasteiger partial charge in [-0.15, -0.1) is 68.0 Å². The molecule has 25 nitrogen and oxygen atoms in total. The minimum Gasteiger partial charge on any atom is -0.460 e. The number of esters is 3. The van der Waals surface area contributed by atoms with Crippen molar-refractivity contribution in [1.29, 1.82) is 0 Å². The zero-order valence-electron chi connectivity index (χ0n) is 48.0. The van der Waals surface area contributed by atoms with Crippen molar-refractivity contribution in [1.82, 2.24) is 55.7 Å². The van der Waals surface area contributed by atoms with E-state index >= 15 is 4.79 Å². The van der Waals surface area contributed by atoms with Gasteiger partial charge in [-0.3, -0.25) is 43.2 Å². The van der Waals surface area contributed by atoms with Crippen LogP contribution in [0, 0.1) is 12.8 Å². The molecule has 2 aromatic carbocycles. The minimum absolute atomic E-state index is 0.0442. The molecule has 0 aliphatic carbocycles. The first-order valence-electron chi connectivity index (χ1n) is 27.4. The third kappa shape index (κ3) is 13.6. The fourth-order valence-electron chi connectivity index (χ4n) is 10.2. The summed E-state index contributed by atoms with van der Waals surface area (Å²) in [5.41, 5.74) is 14.0. The van der Waals surface area contributed by atoms with E-state index in [1.165, 1.54) is 64.5 Å². The van der Waals surface area contributed by atoms with E-state index in [1.54, 1.807) is 84.4 Å². The first-order valence-corrected chi connectivity index (χ1v) is 32.6. The number of nitrogens with zero attached hydrogens (tertiary/aromatic N) is 8. The standard InChI is InChI=1S/C59H51N13O12S6/c1-25-42(83-28(4)74)19-72-47(25)58-69-41(24-89-58)55-65-37(20-86-55)45-33(15-16-34(62-45)54-66-38(21-87-54)49(61)77)53-67-39(22-85-53)50(78)63-35(18-43(60)76)56-71-44(26(2)90-56)52(80)70-46(48(84-29(5)75)31-9-7-6-8-10-31)57-68-40(23-88-57)51(79)64-36(59(72)81)17-30-11-13-32(14-12-30)82-27(3)73/h6-16,20-25,35-36,42,46-48H,17-19H2,1-5H3,(H2,60,76)(H2,61,77)(H,63,78)(H,64,79)(H,70,80)/t25-,35-,36-,42-,46-,47-,48+/m0/s1. The Morgan fingerprint density at radius 1 is 0.622 bits per heavy atom. The SMILES string of the molecule is CC(=O)Oc1ccc(C[C@@H]2NC(=O)c3csc(n3)[C@H]([C@H](OC(C)=O)c3ccccc3)NC(=O)c3nc(sc3C)[C@H](CC(N)=O)NC(=O)c3csc(n3)-c3ccc(-c4nc(C(N)=O)cs4)nc3-c3csc(n3)-c3csc(n3)[C@@H]3[C@@H](C)[C@@H](OC(C)=O)CN3C2=O)cc1. The Balaban J connectivity index is 1.05. The number of nitrogens with one attached hydrogen (secondary N) is 3. The number of hydrogen-bond donors (Lipinski definition) is 5. The van der Waals surface area contributed by atoms with Gasteiger partial charge in [0.15, 0.2) is 6.10 Å². The fraction of sp³-hybridized carbons (Fsp3) is 0.254. The Morgan fingerprint density at radius 2 is 1.27 bits per heavy atom. The smallest absolute Gasteiger partial charge is 0.308 e. The molecule has 2 aliphatic rings. The number of nitrogens with two attached hydrogens (primary N) is 2. The molecule has 0 unspecified atom stereocenters. The minimum atomic E-state index is -1.33. The van der Waals surface area contributed by atoms with Crippen LogP contribution >= 0.6 is 68.0 Å². The molecule has 31 heteroatoms. The number of aromatic nitrogens is 7. The van der Waals surface area contributed by atoms with Crippen LogP contribution < -0.4 is 32.2 Å². The lowest BCUT2D eigenvalue weighted by atomic mass is 10.00. The monoisotopic (exact) mass is 1330 g/mol. The lowest BCUT2D eigenvalue weighted by molar-refractivity contribution is -0.149. The summed E-state index contributed by atoms with van der Waals surface area (Å²) in [6.07, 6.45) is -2.58. The molecule has 7 aromatic heterocycles. The number of fused-ring (bicyclic) bond motifs is 16. The molecule has 90 heavy (non-hydrogen) atoms. The van der Waals surface area contributed by atoms with Crippen molar-refractivity contribution < 1.29 is 57.4 Å². The Labute approximate surface area is 535 Å². The van der Waals surface area contributed by atoms with Crippen molar-refractivity contribution in [3.63, 3.8) is 0 Å². The van der Waals surface area contributed by atoms with Crippen molar-refractivity contribution in [2.24, 2.45) is 17.4 Å². The maximum Gasteiger partial charge on any atom is 0.308 e. The molecule has 460 valence electrons. The predicted octanol–water partition coefficient (Wildman–Crippen LogP) is 7.75. The second kappa shape index (κ2) is 26.4. The highest BCUT2D eigenvalue weighted by atomic mass is 32.1. The van der Waals surface area contributed by atoms with E-state index < -0.39 is 102 Å². The number of rotatable bonds is 11.